The number of hydrogen-bond acceptors (Lipinski definition) is 4. The number of nitrogens with one attached hydrogen (secondary N) is 1. The normalized spacial score (nSPS) is 29.9. The van der Waals surface area contributed by atoms with Gasteiger partial charge in [0.15, 0.2) is 0 Å². The SMILES string of the molecule is CN1C[C@H]2[C@@H](c3ccc(-n4cccn4)cc3)N[C@](CO)(c3ccccc3)[C@H]2C1. The topological polar surface area (TPSA) is 53.3 Å². The predicted molar refractivity (Wildman–Crippen MR) is 109 cm³/mol. The lowest BCUT2D eigenvalue weighted by atomic mass is 9.76. The fourth-order valence-corrected chi connectivity index (χ4v) is 5.26. The van der Waals surface area contributed by atoms with E-state index in [-0.39, 0.29) is 12.6 Å². The quantitative estimate of drug-likeness (QED) is 0.737. The molecule has 1 aromatic heterocycles. The Balaban J connectivity index is 1.52. The van der Waals surface area contributed by atoms with Gasteiger partial charge in [-0.3, -0.25) is 5.32 Å². The summed E-state index contributed by atoms with van der Waals surface area (Å²) in [5, 5.41) is 18.7. The molecule has 3 heterocycles. The molecule has 0 unspecified atom stereocenters. The van der Waals surface area contributed by atoms with Gasteiger partial charge in [0, 0.05) is 37.4 Å². The number of benzene rings is 2. The van der Waals surface area contributed by atoms with Gasteiger partial charge in [0.05, 0.1) is 17.8 Å². The Morgan fingerprint density at radius 1 is 1.07 bits per heavy atom. The molecule has 144 valence electrons. The van der Waals surface area contributed by atoms with Crippen LogP contribution < -0.4 is 5.32 Å². The van der Waals surface area contributed by atoms with Crippen LogP contribution in [0.2, 0.25) is 0 Å². The van der Waals surface area contributed by atoms with Gasteiger partial charge in [-0.2, -0.15) is 5.10 Å². The lowest BCUT2D eigenvalue weighted by molar-refractivity contribution is 0.129. The molecule has 28 heavy (non-hydrogen) atoms. The van der Waals surface area contributed by atoms with E-state index in [1.54, 1.807) is 6.20 Å². The highest BCUT2D eigenvalue weighted by atomic mass is 16.3. The fraction of sp³-hybridized carbons (Fsp3) is 0.348. The maximum absolute atomic E-state index is 10.5. The summed E-state index contributed by atoms with van der Waals surface area (Å²) in [5.74, 6) is 0.841. The van der Waals surface area contributed by atoms with Crippen LogP contribution in [-0.4, -0.2) is 46.5 Å². The van der Waals surface area contributed by atoms with Crippen LogP contribution in [0.5, 0.6) is 0 Å². The highest BCUT2D eigenvalue weighted by Crippen LogP contribution is 2.51. The first-order chi connectivity index (χ1) is 13.7. The molecular weight excluding hydrogens is 348 g/mol. The zero-order valence-electron chi connectivity index (χ0n) is 16.1. The van der Waals surface area contributed by atoms with Crippen molar-refractivity contribution < 1.29 is 5.11 Å². The number of aliphatic hydroxyl groups excluding tert-OH is 1. The molecule has 5 rings (SSSR count). The third kappa shape index (κ3) is 2.70. The van der Waals surface area contributed by atoms with E-state index in [4.69, 9.17) is 0 Å². The van der Waals surface area contributed by atoms with Gasteiger partial charge in [-0.05, 0) is 42.3 Å². The van der Waals surface area contributed by atoms with Gasteiger partial charge in [-0.25, -0.2) is 4.68 Å². The van der Waals surface area contributed by atoms with Crippen molar-refractivity contribution in [3.8, 4) is 5.69 Å². The van der Waals surface area contributed by atoms with Gasteiger partial charge in [-0.1, -0.05) is 42.5 Å². The molecule has 2 aliphatic heterocycles. The van der Waals surface area contributed by atoms with Crippen LogP contribution in [0.25, 0.3) is 5.69 Å². The van der Waals surface area contributed by atoms with Crippen LogP contribution in [0, 0.1) is 11.8 Å². The van der Waals surface area contributed by atoms with E-state index in [0.717, 1.165) is 18.8 Å². The summed E-state index contributed by atoms with van der Waals surface area (Å²) in [6.45, 7) is 2.14. The number of nitrogens with zero attached hydrogens (tertiary/aromatic N) is 3. The number of likely N-dealkylation sites (tertiary alicyclic amines) is 1. The number of rotatable bonds is 4. The maximum atomic E-state index is 10.5. The molecule has 2 fully saturated rings. The van der Waals surface area contributed by atoms with Crippen molar-refractivity contribution in [3.63, 3.8) is 0 Å². The molecule has 4 atom stereocenters. The summed E-state index contributed by atoms with van der Waals surface area (Å²) >= 11 is 0. The van der Waals surface area contributed by atoms with E-state index in [1.165, 1.54) is 11.1 Å². The molecule has 5 nitrogen and oxygen atoms in total. The zero-order chi connectivity index (χ0) is 19.1. The van der Waals surface area contributed by atoms with Gasteiger partial charge in [0.2, 0.25) is 0 Å². The average molecular weight is 374 g/mol. The third-order valence-electron chi connectivity index (χ3n) is 6.58. The smallest absolute Gasteiger partial charge is 0.0718 e. The van der Waals surface area contributed by atoms with E-state index in [2.05, 4.69) is 70.9 Å². The lowest BCUT2D eigenvalue weighted by Gasteiger charge is -2.35. The van der Waals surface area contributed by atoms with Crippen molar-refractivity contribution in [1.29, 1.82) is 0 Å². The van der Waals surface area contributed by atoms with E-state index >= 15 is 0 Å². The Kier molecular flexibility index (Phi) is 4.31. The van der Waals surface area contributed by atoms with Gasteiger partial charge >= 0.3 is 0 Å². The van der Waals surface area contributed by atoms with Gasteiger partial charge in [0.25, 0.3) is 0 Å². The van der Waals surface area contributed by atoms with Crippen LogP contribution in [0.4, 0.5) is 0 Å². The van der Waals surface area contributed by atoms with E-state index in [0.29, 0.717) is 11.8 Å². The second-order valence-electron chi connectivity index (χ2n) is 8.15. The van der Waals surface area contributed by atoms with Crippen LogP contribution in [0.15, 0.2) is 73.1 Å². The zero-order valence-corrected chi connectivity index (χ0v) is 16.1. The van der Waals surface area contributed by atoms with Crippen molar-refractivity contribution in [2.45, 2.75) is 11.6 Å². The molecule has 3 aromatic rings. The van der Waals surface area contributed by atoms with Crippen molar-refractivity contribution in [2.24, 2.45) is 11.8 Å². The van der Waals surface area contributed by atoms with Crippen molar-refractivity contribution in [2.75, 3.05) is 26.7 Å². The van der Waals surface area contributed by atoms with Gasteiger partial charge < -0.3 is 10.0 Å². The van der Waals surface area contributed by atoms with Crippen LogP contribution >= 0.6 is 0 Å². The minimum Gasteiger partial charge on any atom is -0.394 e. The number of hydrogen-bond donors (Lipinski definition) is 2. The first kappa shape index (κ1) is 17.6. The standard InChI is InChI=1S/C23H26N4O/c1-26-14-20-21(15-26)23(16-28,18-6-3-2-4-7-18)25-22(20)17-8-10-19(11-9-17)27-13-5-12-24-27/h2-13,20-22,25,28H,14-16H2,1H3/t20-,21+,22-,23-/m1/s1. The summed E-state index contributed by atoms with van der Waals surface area (Å²) < 4.78 is 1.87. The second-order valence-corrected chi connectivity index (χ2v) is 8.15. The first-order valence-corrected chi connectivity index (χ1v) is 9.94. The third-order valence-corrected chi connectivity index (χ3v) is 6.58. The second kappa shape index (κ2) is 6.85. The molecule has 0 bridgehead atoms. The Labute approximate surface area is 165 Å². The first-order valence-electron chi connectivity index (χ1n) is 9.94. The minimum absolute atomic E-state index is 0.105. The summed E-state index contributed by atoms with van der Waals surface area (Å²) in [4.78, 5) is 2.40. The van der Waals surface area contributed by atoms with Crippen LogP contribution in [0.1, 0.15) is 17.2 Å². The van der Waals surface area contributed by atoms with Gasteiger partial charge in [0.1, 0.15) is 0 Å². The van der Waals surface area contributed by atoms with Crippen molar-refractivity contribution >= 4 is 0 Å². The fourth-order valence-electron chi connectivity index (χ4n) is 5.26. The summed E-state index contributed by atoms with van der Waals surface area (Å²) in [7, 11) is 2.18. The molecule has 0 saturated carbocycles. The molecule has 2 aromatic carbocycles. The molecule has 2 saturated heterocycles. The number of aromatic nitrogens is 2. The largest absolute Gasteiger partial charge is 0.394 e. The molecular formula is C23H26N4O. The number of fused-ring (bicyclic) bond motifs is 1. The van der Waals surface area contributed by atoms with E-state index < -0.39 is 5.54 Å². The minimum atomic E-state index is -0.401. The summed E-state index contributed by atoms with van der Waals surface area (Å²) in [6, 6.07) is 21.2. The van der Waals surface area contributed by atoms with Crippen molar-refractivity contribution in [1.82, 2.24) is 20.0 Å². The molecule has 0 aliphatic carbocycles. The predicted octanol–water partition coefficient (Wildman–Crippen LogP) is 2.58. The Morgan fingerprint density at radius 3 is 2.54 bits per heavy atom. The van der Waals surface area contributed by atoms with Crippen molar-refractivity contribution in [3.05, 3.63) is 84.2 Å². The average Bonchev–Trinajstić information content (AvgIpc) is 3.46. The summed E-state index contributed by atoms with van der Waals surface area (Å²) in [5.41, 5.74) is 3.11. The highest BCUT2D eigenvalue weighted by Gasteiger charge is 2.56. The maximum Gasteiger partial charge on any atom is 0.0718 e. The Morgan fingerprint density at radius 2 is 1.86 bits per heavy atom. The Hall–Kier alpha value is -2.47. The Bertz CT molecular complexity index is 925. The van der Waals surface area contributed by atoms with Crippen LogP contribution in [0.3, 0.4) is 0 Å². The molecule has 2 aliphatic rings. The lowest BCUT2D eigenvalue weighted by Crippen LogP contribution is -2.47. The monoisotopic (exact) mass is 374 g/mol. The van der Waals surface area contributed by atoms with Crippen LogP contribution in [-0.2, 0) is 5.54 Å². The van der Waals surface area contributed by atoms with E-state index in [1.807, 2.05) is 23.0 Å². The summed E-state index contributed by atoms with van der Waals surface area (Å²) in [6.07, 6.45) is 3.75. The van der Waals surface area contributed by atoms with E-state index in [9.17, 15) is 5.11 Å². The molecule has 0 radical (unpaired) electrons. The van der Waals surface area contributed by atoms with Gasteiger partial charge in [-0.15, -0.1) is 0 Å². The molecule has 5 heteroatoms. The molecule has 2 N–H and O–H groups in total. The molecule has 0 spiro atoms. The molecule has 0 amide bonds. The highest BCUT2D eigenvalue weighted by molar-refractivity contribution is 5.38. The number of aliphatic hydroxyl groups is 1.